The topological polar surface area (TPSA) is 125 Å². The first-order valence-electron chi connectivity index (χ1n) is 10.9. The summed E-state index contributed by atoms with van der Waals surface area (Å²) in [6.45, 7) is 0.365. The van der Waals surface area contributed by atoms with E-state index in [-0.39, 0.29) is 24.3 Å². The lowest BCUT2D eigenvalue weighted by molar-refractivity contribution is -0.668. The molecule has 0 bridgehead atoms. The Labute approximate surface area is 212 Å². The van der Waals surface area contributed by atoms with Gasteiger partial charge in [-0.15, -0.1) is 0 Å². The number of aromatic nitrogens is 1. The Morgan fingerprint density at radius 2 is 1.69 bits per heavy atom. The van der Waals surface area contributed by atoms with Gasteiger partial charge in [0.1, 0.15) is 4.70 Å². The zero-order valence-electron chi connectivity index (χ0n) is 18.6. The zero-order valence-corrected chi connectivity index (χ0v) is 21.9. The number of allylic oxidation sites excluding steroid dienone is 2. The molecule has 0 aliphatic carbocycles. The van der Waals surface area contributed by atoms with Crippen molar-refractivity contribution in [2.75, 3.05) is 16.8 Å². The maximum atomic E-state index is 11.3. The van der Waals surface area contributed by atoms with Crippen molar-refractivity contribution in [1.29, 1.82) is 0 Å². The van der Waals surface area contributed by atoms with Crippen molar-refractivity contribution in [2.24, 2.45) is 0 Å². The second-order valence-corrected chi connectivity index (χ2v) is 13.3. The number of hydrogen-bond donors (Lipinski definition) is 3. The summed E-state index contributed by atoms with van der Waals surface area (Å²) < 4.78 is 66.0. The number of thioether (sulfide) groups is 1. The lowest BCUT2D eigenvalue weighted by atomic mass is 10.1. The molecule has 0 atom stereocenters. The molecule has 0 fully saturated rings. The summed E-state index contributed by atoms with van der Waals surface area (Å²) in [5.41, 5.74) is 2.88. The molecule has 8 nitrogen and oxygen atoms in total. The van der Waals surface area contributed by atoms with Crippen LogP contribution in [0.1, 0.15) is 23.4 Å². The maximum Gasteiger partial charge on any atom is 0.265 e. The number of para-hydroxylation sites is 2. The number of hydrogen-bond acceptors (Lipinski definition) is 7. The largest absolute Gasteiger partial charge is 0.349 e. The van der Waals surface area contributed by atoms with Crippen molar-refractivity contribution in [1.82, 2.24) is 0 Å². The van der Waals surface area contributed by atoms with Gasteiger partial charge in [-0.05, 0) is 37.1 Å². The Kier molecular flexibility index (Phi) is 7.99. The van der Waals surface area contributed by atoms with Crippen molar-refractivity contribution < 1.29 is 30.5 Å². The SMILES string of the molecule is O=S(=O)(O)CCCc1cccc2sc(C=CC=C3Nc4ccccc4S3)[n+](CCCS(=O)(=O)O)c12. The van der Waals surface area contributed by atoms with Crippen LogP contribution in [0.5, 0.6) is 0 Å². The molecule has 1 aliphatic rings. The van der Waals surface area contributed by atoms with E-state index in [1.54, 1.807) is 23.1 Å². The van der Waals surface area contributed by atoms with Crippen molar-refractivity contribution in [3.05, 3.63) is 70.2 Å². The Morgan fingerprint density at radius 1 is 0.943 bits per heavy atom. The Balaban J connectivity index is 1.62. The molecule has 186 valence electrons. The quantitative estimate of drug-likeness (QED) is 0.250. The van der Waals surface area contributed by atoms with E-state index in [4.69, 9.17) is 9.11 Å². The fraction of sp³-hybridized carbons (Fsp3) is 0.261. The summed E-state index contributed by atoms with van der Waals surface area (Å²) >= 11 is 3.19. The predicted molar refractivity (Wildman–Crippen MR) is 141 cm³/mol. The number of anilines is 1. The normalized spacial score (nSPS) is 15.2. The lowest BCUT2D eigenvalue weighted by Gasteiger charge is -2.03. The summed E-state index contributed by atoms with van der Waals surface area (Å²) in [7, 11) is -8.13. The van der Waals surface area contributed by atoms with E-state index in [2.05, 4.69) is 11.4 Å². The fourth-order valence-corrected chi connectivity index (χ4v) is 6.93. The van der Waals surface area contributed by atoms with E-state index < -0.39 is 20.2 Å². The van der Waals surface area contributed by atoms with Crippen LogP contribution in [-0.4, -0.2) is 37.4 Å². The monoisotopic (exact) mass is 553 g/mol. The second kappa shape index (κ2) is 10.8. The van der Waals surface area contributed by atoms with Crippen LogP contribution in [0.15, 0.2) is 64.5 Å². The first kappa shape index (κ1) is 25.9. The number of fused-ring (bicyclic) bond motifs is 2. The van der Waals surface area contributed by atoms with Gasteiger partial charge in [-0.1, -0.05) is 53.4 Å². The van der Waals surface area contributed by atoms with Crippen LogP contribution in [0.3, 0.4) is 0 Å². The third kappa shape index (κ3) is 7.15. The highest BCUT2D eigenvalue weighted by molar-refractivity contribution is 8.03. The number of benzene rings is 2. The summed E-state index contributed by atoms with van der Waals surface area (Å²) in [6.07, 6.45) is 6.80. The number of aryl methyl sites for hydroxylation is 2. The van der Waals surface area contributed by atoms with Crippen molar-refractivity contribution >= 4 is 65.3 Å². The van der Waals surface area contributed by atoms with Gasteiger partial charge >= 0.3 is 0 Å². The predicted octanol–water partition coefficient (Wildman–Crippen LogP) is 4.36. The Bertz CT molecular complexity index is 1480. The maximum absolute atomic E-state index is 11.3. The number of nitrogens with one attached hydrogen (secondary N) is 1. The molecule has 12 heteroatoms. The summed E-state index contributed by atoms with van der Waals surface area (Å²) in [5, 5.41) is 5.25. The number of thiazole rings is 1. The highest BCUT2D eigenvalue weighted by atomic mass is 32.2. The standard InChI is InChI=1S/C23H24N2O6S4/c26-34(27,28)15-5-8-17-7-3-11-20-23(17)25(14-6-16-35(29,30)31)22(33-20)13-4-12-21-24-18-9-1-2-10-19(18)32-21/h1-4,7,9-13H,5-6,8,14-16H2,(H2,26,27,28,29,30,31)/p+1. The van der Waals surface area contributed by atoms with Crippen LogP contribution in [0.25, 0.3) is 16.3 Å². The second-order valence-electron chi connectivity index (χ2n) is 8.00. The molecule has 0 saturated heterocycles. The van der Waals surface area contributed by atoms with E-state index >= 15 is 0 Å². The van der Waals surface area contributed by atoms with Gasteiger partial charge in [0.25, 0.3) is 25.2 Å². The Morgan fingerprint density at radius 3 is 2.43 bits per heavy atom. The molecule has 2 heterocycles. The smallest absolute Gasteiger partial charge is 0.265 e. The lowest BCUT2D eigenvalue weighted by Crippen LogP contribution is -2.36. The van der Waals surface area contributed by atoms with Gasteiger partial charge < -0.3 is 5.32 Å². The van der Waals surface area contributed by atoms with Crippen LogP contribution in [0.2, 0.25) is 0 Å². The first-order chi connectivity index (χ1) is 16.6. The molecular formula is C23H25N2O6S4+. The van der Waals surface area contributed by atoms with Crippen LogP contribution in [0.4, 0.5) is 5.69 Å². The third-order valence-electron chi connectivity index (χ3n) is 5.32. The average Bonchev–Trinajstić information content (AvgIpc) is 3.33. The van der Waals surface area contributed by atoms with Gasteiger partial charge in [0.2, 0.25) is 5.52 Å². The van der Waals surface area contributed by atoms with Gasteiger partial charge in [0, 0.05) is 23.0 Å². The van der Waals surface area contributed by atoms with Crippen LogP contribution < -0.4 is 9.88 Å². The molecular weight excluding hydrogens is 529 g/mol. The molecule has 35 heavy (non-hydrogen) atoms. The molecule has 0 amide bonds. The number of nitrogens with zero attached hydrogens (tertiary/aromatic N) is 1. The van der Waals surface area contributed by atoms with E-state index in [1.165, 1.54) is 0 Å². The minimum absolute atomic E-state index is 0.226. The number of rotatable bonds is 10. The minimum Gasteiger partial charge on any atom is -0.349 e. The van der Waals surface area contributed by atoms with Gasteiger partial charge in [-0.2, -0.15) is 21.4 Å². The average molecular weight is 554 g/mol. The Hall–Kier alpha value is -2.22. The molecule has 0 unspecified atom stereocenters. The molecule has 0 spiro atoms. The van der Waals surface area contributed by atoms with E-state index in [0.29, 0.717) is 13.0 Å². The molecule has 0 radical (unpaired) electrons. The van der Waals surface area contributed by atoms with Gasteiger partial charge in [0.05, 0.1) is 22.2 Å². The van der Waals surface area contributed by atoms with E-state index in [9.17, 15) is 16.8 Å². The molecule has 1 aromatic heterocycles. The molecule has 3 N–H and O–H groups in total. The van der Waals surface area contributed by atoms with Crippen LogP contribution >= 0.6 is 23.1 Å². The molecule has 2 aromatic carbocycles. The van der Waals surface area contributed by atoms with Crippen molar-refractivity contribution in [3.8, 4) is 0 Å². The molecule has 4 rings (SSSR count). The molecule has 1 aliphatic heterocycles. The summed E-state index contributed by atoms with van der Waals surface area (Å²) in [5.74, 6) is -0.683. The highest BCUT2D eigenvalue weighted by Crippen LogP contribution is 2.40. The van der Waals surface area contributed by atoms with Crippen molar-refractivity contribution in [3.63, 3.8) is 0 Å². The fourth-order valence-electron chi connectivity index (χ4n) is 3.86. The van der Waals surface area contributed by atoms with Crippen molar-refractivity contribution in [2.45, 2.75) is 30.7 Å². The third-order valence-corrected chi connectivity index (χ3v) is 9.07. The summed E-state index contributed by atoms with van der Waals surface area (Å²) in [6, 6.07) is 13.8. The van der Waals surface area contributed by atoms with Gasteiger partial charge in [-0.25, -0.2) is 0 Å². The van der Waals surface area contributed by atoms with E-state index in [1.807, 2.05) is 59.2 Å². The van der Waals surface area contributed by atoms with E-state index in [0.717, 1.165) is 36.4 Å². The molecule has 3 aromatic rings. The van der Waals surface area contributed by atoms with Gasteiger partial charge in [-0.3, -0.25) is 9.11 Å². The van der Waals surface area contributed by atoms with Gasteiger partial charge in [0.15, 0.2) is 6.54 Å². The van der Waals surface area contributed by atoms with Crippen LogP contribution in [0, 0.1) is 0 Å². The minimum atomic E-state index is -4.08. The highest BCUT2D eigenvalue weighted by Gasteiger charge is 2.23. The van der Waals surface area contributed by atoms with Crippen LogP contribution in [-0.2, 0) is 33.2 Å². The molecule has 0 saturated carbocycles. The zero-order chi connectivity index (χ0) is 25.1. The first-order valence-corrected chi connectivity index (χ1v) is 15.7. The summed E-state index contributed by atoms with van der Waals surface area (Å²) in [4.78, 5) is 1.16.